The van der Waals surface area contributed by atoms with Crippen LogP contribution in [0.25, 0.3) is 5.70 Å². The Morgan fingerprint density at radius 2 is 1.91 bits per heavy atom. The number of likely N-dealkylation sites (N-methyl/N-ethyl adjacent to an activating group) is 1. The number of nitrogens with zero attached hydrogens (tertiary/aromatic N) is 5. The molecule has 6 heteroatoms. The van der Waals surface area contributed by atoms with Crippen LogP contribution >= 0.6 is 11.6 Å². The average Bonchev–Trinajstić information content (AvgIpc) is 2.51. The van der Waals surface area contributed by atoms with Crippen LogP contribution in [0, 0.1) is 0 Å². The van der Waals surface area contributed by atoms with Crippen LogP contribution < -0.4 is 0 Å². The van der Waals surface area contributed by atoms with Crippen LogP contribution in [-0.4, -0.2) is 59.7 Å². The van der Waals surface area contributed by atoms with Gasteiger partial charge in [-0.2, -0.15) is 5.10 Å². The number of halogens is 1. The highest BCUT2D eigenvalue weighted by Gasteiger charge is 2.29. The number of hydrogen-bond donors (Lipinski definition) is 0. The van der Waals surface area contributed by atoms with Gasteiger partial charge in [-0.05, 0) is 39.1 Å². The van der Waals surface area contributed by atoms with E-state index in [9.17, 15) is 0 Å². The molecule has 0 bridgehead atoms. The van der Waals surface area contributed by atoms with Crippen molar-refractivity contribution in [3.63, 3.8) is 0 Å². The minimum Gasteiger partial charge on any atom is -0.338 e. The summed E-state index contributed by atoms with van der Waals surface area (Å²) in [4.78, 5) is 9.44. The van der Waals surface area contributed by atoms with E-state index in [4.69, 9.17) is 16.6 Å². The number of piperazine rings is 1. The summed E-state index contributed by atoms with van der Waals surface area (Å²) in [7, 11) is 2.14. The van der Waals surface area contributed by atoms with Crippen molar-refractivity contribution in [2.45, 2.75) is 13.8 Å². The maximum atomic E-state index is 6.14. The van der Waals surface area contributed by atoms with E-state index in [0.717, 1.165) is 54.8 Å². The van der Waals surface area contributed by atoms with Gasteiger partial charge in [0.25, 0.3) is 0 Å². The van der Waals surface area contributed by atoms with Crippen molar-refractivity contribution in [2.24, 2.45) is 10.1 Å². The van der Waals surface area contributed by atoms with Crippen LogP contribution in [0.5, 0.6) is 0 Å². The molecule has 1 aromatic carbocycles. The molecule has 2 aliphatic rings. The molecule has 3 rings (SSSR count). The fourth-order valence-corrected chi connectivity index (χ4v) is 2.92. The lowest BCUT2D eigenvalue weighted by atomic mass is 10.1. The van der Waals surface area contributed by atoms with Crippen molar-refractivity contribution >= 4 is 34.7 Å². The summed E-state index contributed by atoms with van der Waals surface area (Å²) < 4.78 is 0. The summed E-state index contributed by atoms with van der Waals surface area (Å²) in [5, 5.41) is 7.17. The molecule has 0 amide bonds. The van der Waals surface area contributed by atoms with Gasteiger partial charge in [0.1, 0.15) is 0 Å². The average molecular weight is 332 g/mol. The summed E-state index contributed by atoms with van der Waals surface area (Å²) >= 11 is 6.14. The van der Waals surface area contributed by atoms with Gasteiger partial charge < -0.3 is 9.80 Å². The molecule has 1 saturated heterocycles. The second-order valence-corrected chi connectivity index (χ2v) is 6.61. The molecular formula is C17H22ClN5. The van der Waals surface area contributed by atoms with E-state index in [0.29, 0.717) is 5.02 Å². The van der Waals surface area contributed by atoms with Gasteiger partial charge in [-0.1, -0.05) is 18.2 Å². The molecule has 0 saturated carbocycles. The van der Waals surface area contributed by atoms with Crippen molar-refractivity contribution in [3.05, 3.63) is 35.4 Å². The molecular weight excluding hydrogens is 310 g/mol. The van der Waals surface area contributed by atoms with E-state index in [2.05, 4.69) is 28.5 Å². The van der Waals surface area contributed by atoms with E-state index >= 15 is 0 Å². The van der Waals surface area contributed by atoms with E-state index in [1.807, 2.05) is 37.1 Å². The Bertz CT molecular complexity index is 682. The van der Waals surface area contributed by atoms with Crippen molar-refractivity contribution < 1.29 is 0 Å². The molecule has 5 nitrogen and oxygen atoms in total. The molecule has 2 heterocycles. The smallest absolute Gasteiger partial charge is 0.227 e. The Hall–Kier alpha value is -1.85. The molecule has 0 radical (unpaired) electrons. The minimum atomic E-state index is 0.681. The lowest BCUT2D eigenvalue weighted by Crippen LogP contribution is -2.51. The highest BCUT2D eigenvalue weighted by molar-refractivity contribution is 6.31. The molecule has 0 atom stereocenters. The molecule has 122 valence electrons. The maximum Gasteiger partial charge on any atom is 0.227 e. The van der Waals surface area contributed by atoms with Gasteiger partial charge in [0, 0.05) is 42.5 Å². The van der Waals surface area contributed by atoms with Gasteiger partial charge in [0.2, 0.25) is 5.96 Å². The van der Waals surface area contributed by atoms with Crippen LogP contribution in [0.2, 0.25) is 5.02 Å². The summed E-state index contributed by atoms with van der Waals surface area (Å²) in [5.74, 6) is 0.846. The second-order valence-electron chi connectivity index (χ2n) is 6.17. The van der Waals surface area contributed by atoms with E-state index in [1.165, 1.54) is 0 Å². The third-order valence-electron chi connectivity index (χ3n) is 4.02. The lowest BCUT2D eigenvalue weighted by molar-refractivity contribution is 0.204. The summed E-state index contributed by atoms with van der Waals surface area (Å²) in [6.45, 7) is 12.1. The quantitative estimate of drug-likeness (QED) is 0.741. The first kappa shape index (κ1) is 16.0. The zero-order valence-corrected chi connectivity index (χ0v) is 14.6. The summed E-state index contributed by atoms with van der Waals surface area (Å²) in [6, 6.07) is 5.71. The Balaban J connectivity index is 2.04. The summed E-state index contributed by atoms with van der Waals surface area (Å²) in [6.07, 6.45) is 0. The lowest BCUT2D eigenvalue weighted by Gasteiger charge is -2.39. The van der Waals surface area contributed by atoms with Crippen molar-refractivity contribution in [2.75, 3.05) is 33.2 Å². The maximum absolute atomic E-state index is 6.14. The van der Waals surface area contributed by atoms with E-state index in [1.54, 1.807) is 0 Å². The summed E-state index contributed by atoms with van der Waals surface area (Å²) in [5.41, 5.74) is 3.60. The highest BCUT2D eigenvalue weighted by Crippen LogP contribution is 2.36. The molecule has 0 spiro atoms. The van der Waals surface area contributed by atoms with Crippen molar-refractivity contribution in [3.8, 4) is 0 Å². The molecule has 0 aromatic heterocycles. The van der Waals surface area contributed by atoms with Crippen LogP contribution in [0.3, 0.4) is 0 Å². The normalized spacial score (nSPS) is 18.6. The number of guanidine groups is 1. The van der Waals surface area contributed by atoms with Crippen LogP contribution in [-0.2, 0) is 0 Å². The Kier molecular flexibility index (Phi) is 4.41. The fraction of sp³-hybridized carbons (Fsp3) is 0.412. The number of hydrogen-bond acceptors (Lipinski definition) is 5. The number of benzene rings is 1. The van der Waals surface area contributed by atoms with Gasteiger partial charge in [-0.3, -0.25) is 0 Å². The Morgan fingerprint density at radius 3 is 2.57 bits per heavy atom. The molecule has 1 fully saturated rings. The number of fused-ring (bicyclic) bond motifs is 1. The Labute approximate surface area is 142 Å². The largest absolute Gasteiger partial charge is 0.338 e. The van der Waals surface area contributed by atoms with Gasteiger partial charge in [0.15, 0.2) is 0 Å². The first-order valence-electron chi connectivity index (χ1n) is 7.78. The molecule has 0 N–H and O–H groups in total. The first-order valence-corrected chi connectivity index (χ1v) is 8.16. The standard InChI is InChI=1S/C17H22ClN5/c1-12(2)20-23-13(3)15-11-14(18)5-6-16(15)19-17(23)22-9-7-21(4)8-10-22/h5-6,11H,3,7-10H2,1-2,4H3. The molecule has 23 heavy (non-hydrogen) atoms. The van der Waals surface area contributed by atoms with Crippen molar-refractivity contribution in [1.82, 2.24) is 14.8 Å². The Morgan fingerprint density at radius 1 is 1.22 bits per heavy atom. The molecule has 2 aliphatic heterocycles. The molecule has 1 aromatic rings. The minimum absolute atomic E-state index is 0.681. The molecule has 0 unspecified atom stereocenters. The van der Waals surface area contributed by atoms with E-state index < -0.39 is 0 Å². The molecule has 0 aliphatic carbocycles. The predicted molar refractivity (Wildman–Crippen MR) is 97.3 cm³/mol. The fourth-order valence-electron chi connectivity index (χ4n) is 2.74. The second kappa shape index (κ2) is 6.34. The highest BCUT2D eigenvalue weighted by atomic mass is 35.5. The number of aliphatic imine (C=N–C) groups is 1. The zero-order chi connectivity index (χ0) is 16.6. The third-order valence-corrected chi connectivity index (χ3v) is 4.26. The predicted octanol–water partition coefficient (Wildman–Crippen LogP) is 3.26. The van der Waals surface area contributed by atoms with Gasteiger partial charge in [0.05, 0.1) is 11.4 Å². The first-order chi connectivity index (χ1) is 11.0. The van der Waals surface area contributed by atoms with Crippen LogP contribution in [0.15, 0.2) is 34.9 Å². The zero-order valence-electron chi connectivity index (χ0n) is 13.9. The van der Waals surface area contributed by atoms with Gasteiger partial charge in [-0.15, -0.1) is 0 Å². The number of hydrazone groups is 1. The monoisotopic (exact) mass is 331 g/mol. The van der Waals surface area contributed by atoms with E-state index in [-0.39, 0.29) is 0 Å². The topological polar surface area (TPSA) is 34.4 Å². The number of rotatable bonds is 1. The van der Waals surface area contributed by atoms with Gasteiger partial charge in [-0.25, -0.2) is 10.0 Å². The van der Waals surface area contributed by atoms with Crippen molar-refractivity contribution in [1.29, 1.82) is 0 Å². The SMILES string of the molecule is C=C1c2cc(Cl)ccc2N=C(N2CCN(C)CC2)N1N=C(C)C. The van der Waals surface area contributed by atoms with Crippen LogP contribution in [0.4, 0.5) is 5.69 Å². The van der Waals surface area contributed by atoms with Gasteiger partial charge >= 0.3 is 0 Å². The third kappa shape index (κ3) is 3.26. The van der Waals surface area contributed by atoms with Crippen LogP contribution in [0.1, 0.15) is 19.4 Å².